The smallest absolute Gasteiger partial charge is 0.196 e. The summed E-state index contributed by atoms with van der Waals surface area (Å²) in [7, 11) is 0. The largest absolute Gasteiger partial charge is 0.325 e. The highest BCUT2D eigenvalue weighted by Gasteiger charge is 2.51. The summed E-state index contributed by atoms with van der Waals surface area (Å²) in [5, 5.41) is 0. The van der Waals surface area contributed by atoms with Crippen molar-refractivity contribution in [3.8, 4) is 0 Å². The van der Waals surface area contributed by atoms with E-state index in [-0.39, 0.29) is 23.0 Å². The Morgan fingerprint density at radius 3 is 1.62 bits per heavy atom. The van der Waals surface area contributed by atoms with Crippen molar-refractivity contribution in [3.63, 3.8) is 0 Å². The summed E-state index contributed by atoms with van der Waals surface area (Å²) < 4.78 is -1.15. The fourth-order valence-electron chi connectivity index (χ4n) is 2.88. The first-order valence-electron chi connectivity index (χ1n) is 8.61. The standard InChI is InChI=1S/C21H23NO2S2/c1-20(2,22)17-13-25-21(26-14-17,18(23)15-9-5-3-6-10-15)19(24)16-11-7-4-8-12-16/h3-12,17H,13-14,22H2,1-2H3. The molecule has 0 spiro atoms. The summed E-state index contributed by atoms with van der Waals surface area (Å²) in [6.45, 7) is 4.01. The van der Waals surface area contributed by atoms with E-state index < -0.39 is 4.08 Å². The number of rotatable bonds is 5. The van der Waals surface area contributed by atoms with E-state index >= 15 is 0 Å². The second kappa shape index (κ2) is 7.59. The third kappa shape index (κ3) is 3.75. The van der Waals surface area contributed by atoms with Crippen LogP contribution in [-0.4, -0.2) is 32.7 Å². The summed E-state index contributed by atoms with van der Waals surface area (Å²) in [6.07, 6.45) is 0. The molecule has 0 saturated carbocycles. The molecule has 3 nitrogen and oxygen atoms in total. The molecule has 1 heterocycles. The van der Waals surface area contributed by atoms with E-state index in [0.29, 0.717) is 22.6 Å². The Hall–Kier alpha value is -1.56. The van der Waals surface area contributed by atoms with Crippen molar-refractivity contribution in [2.45, 2.75) is 23.5 Å². The van der Waals surface area contributed by atoms with Crippen molar-refractivity contribution in [2.75, 3.05) is 11.5 Å². The number of hydrogen-bond donors (Lipinski definition) is 1. The minimum atomic E-state index is -1.15. The molecular formula is C21H23NO2S2. The van der Waals surface area contributed by atoms with Crippen molar-refractivity contribution >= 4 is 35.1 Å². The summed E-state index contributed by atoms with van der Waals surface area (Å²) in [4.78, 5) is 26.8. The Balaban J connectivity index is 1.98. The topological polar surface area (TPSA) is 60.2 Å². The van der Waals surface area contributed by atoms with Crippen molar-refractivity contribution in [1.82, 2.24) is 0 Å². The molecule has 1 aliphatic heterocycles. The molecule has 0 aliphatic carbocycles. The first kappa shape index (κ1) is 19.2. The number of carbonyl (C=O) groups excluding carboxylic acids is 2. The molecule has 3 rings (SSSR count). The average molecular weight is 386 g/mol. The van der Waals surface area contributed by atoms with Gasteiger partial charge in [-0.05, 0) is 19.8 Å². The van der Waals surface area contributed by atoms with Crippen molar-refractivity contribution in [1.29, 1.82) is 0 Å². The Morgan fingerprint density at radius 1 is 0.885 bits per heavy atom. The van der Waals surface area contributed by atoms with Gasteiger partial charge in [0.15, 0.2) is 15.6 Å². The fourth-order valence-corrected chi connectivity index (χ4v) is 6.73. The van der Waals surface area contributed by atoms with Gasteiger partial charge in [0, 0.05) is 28.2 Å². The molecule has 0 atom stereocenters. The Labute approximate surface area is 163 Å². The van der Waals surface area contributed by atoms with E-state index in [1.54, 1.807) is 24.3 Å². The first-order chi connectivity index (χ1) is 12.3. The molecule has 0 radical (unpaired) electrons. The number of hydrogen-bond acceptors (Lipinski definition) is 5. The third-order valence-electron chi connectivity index (χ3n) is 4.70. The van der Waals surface area contributed by atoms with E-state index in [2.05, 4.69) is 0 Å². The molecule has 0 bridgehead atoms. The molecule has 26 heavy (non-hydrogen) atoms. The van der Waals surface area contributed by atoms with E-state index in [4.69, 9.17) is 5.73 Å². The second-order valence-corrected chi connectivity index (χ2v) is 9.87. The molecule has 2 aromatic carbocycles. The van der Waals surface area contributed by atoms with Gasteiger partial charge in [-0.2, -0.15) is 0 Å². The van der Waals surface area contributed by atoms with Gasteiger partial charge in [0.25, 0.3) is 0 Å². The molecule has 0 aromatic heterocycles. The molecule has 1 fully saturated rings. The van der Waals surface area contributed by atoms with Gasteiger partial charge in [-0.25, -0.2) is 0 Å². The summed E-state index contributed by atoms with van der Waals surface area (Å²) in [5.41, 5.74) is 7.08. The highest BCUT2D eigenvalue weighted by Crippen LogP contribution is 2.49. The minimum absolute atomic E-state index is 0.129. The van der Waals surface area contributed by atoms with E-state index in [1.807, 2.05) is 50.2 Å². The molecular weight excluding hydrogens is 362 g/mol. The van der Waals surface area contributed by atoms with Crippen LogP contribution in [0, 0.1) is 5.92 Å². The maximum atomic E-state index is 13.4. The van der Waals surface area contributed by atoms with E-state index in [9.17, 15) is 9.59 Å². The molecule has 0 unspecified atom stereocenters. The van der Waals surface area contributed by atoms with Gasteiger partial charge >= 0.3 is 0 Å². The van der Waals surface area contributed by atoms with Crippen LogP contribution in [0.25, 0.3) is 0 Å². The van der Waals surface area contributed by atoms with Gasteiger partial charge in [0.1, 0.15) is 0 Å². The number of benzene rings is 2. The zero-order valence-corrected chi connectivity index (χ0v) is 16.6. The number of nitrogens with two attached hydrogens (primary N) is 1. The van der Waals surface area contributed by atoms with Crippen LogP contribution in [0.3, 0.4) is 0 Å². The predicted octanol–water partition coefficient (Wildman–Crippen LogP) is 4.28. The lowest BCUT2D eigenvalue weighted by molar-refractivity contribution is 0.0886. The zero-order valence-electron chi connectivity index (χ0n) is 15.0. The van der Waals surface area contributed by atoms with Crippen LogP contribution in [0.15, 0.2) is 60.7 Å². The number of Topliss-reactive ketones (excluding diaryl/α,β-unsaturated/α-hetero) is 2. The van der Waals surface area contributed by atoms with Gasteiger partial charge in [0.05, 0.1) is 0 Å². The molecule has 2 aromatic rings. The quantitative estimate of drug-likeness (QED) is 0.615. The van der Waals surface area contributed by atoms with Crippen molar-refractivity contribution in [2.24, 2.45) is 11.7 Å². The summed E-state index contributed by atoms with van der Waals surface area (Å²) in [6, 6.07) is 18.2. The maximum absolute atomic E-state index is 13.4. The molecule has 5 heteroatoms. The van der Waals surface area contributed by atoms with Gasteiger partial charge in [-0.15, -0.1) is 23.5 Å². The Kier molecular flexibility index (Phi) is 5.61. The Bertz CT molecular complexity index is 723. The van der Waals surface area contributed by atoms with E-state index in [0.717, 1.165) is 0 Å². The molecule has 2 N–H and O–H groups in total. The second-order valence-electron chi connectivity index (χ2n) is 7.15. The SMILES string of the molecule is CC(C)(N)C1CSC(C(=O)c2ccccc2)(C(=O)c2ccccc2)SC1. The monoisotopic (exact) mass is 385 g/mol. The third-order valence-corrected chi connectivity index (χ3v) is 8.10. The highest BCUT2D eigenvalue weighted by molar-refractivity contribution is 8.21. The van der Waals surface area contributed by atoms with Crippen LogP contribution in [0.5, 0.6) is 0 Å². The molecule has 1 aliphatic rings. The maximum Gasteiger partial charge on any atom is 0.196 e. The number of carbonyl (C=O) groups is 2. The minimum Gasteiger partial charge on any atom is -0.325 e. The van der Waals surface area contributed by atoms with Gasteiger partial charge < -0.3 is 5.73 Å². The van der Waals surface area contributed by atoms with Crippen molar-refractivity contribution < 1.29 is 9.59 Å². The first-order valence-corrected chi connectivity index (χ1v) is 10.6. The van der Waals surface area contributed by atoms with E-state index in [1.165, 1.54) is 23.5 Å². The van der Waals surface area contributed by atoms with Crippen LogP contribution in [0.2, 0.25) is 0 Å². The van der Waals surface area contributed by atoms with Gasteiger partial charge in [-0.1, -0.05) is 60.7 Å². The lowest BCUT2D eigenvalue weighted by Gasteiger charge is -2.41. The summed E-state index contributed by atoms with van der Waals surface area (Å²) >= 11 is 2.87. The Morgan fingerprint density at radius 2 is 1.27 bits per heavy atom. The van der Waals surface area contributed by atoms with Crippen LogP contribution in [0.4, 0.5) is 0 Å². The molecule has 1 saturated heterocycles. The van der Waals surface area contributed by atoms with Gasteiger partial charge in [-0.3, -0.25) is 9.59 Å². The van der Waals surface area contributed by atoms with Crippen molar-refractivity contribution in [3.05, 3.63) is 71.8 Å². The lowest BCUT2D eigenvalue weighted by atomic mass is 9.92. The van der Waals surface area contributed by atoms with Gasteiger partial charge in [0.2, 0.25) is 0 Å². The average Bonchev–Trinajstić information content (AvgIpc) is 2.67. The summed E-state index contributed by atoms with van der Waals surface area (Å²) in [5.74, 6) is 1.37. The number of thioether (sulfide) groups is 2. The number of ketones is 2. The fraction of sp³-hybridized carbons (Fsp3) is 0.333. The lowest BCUT2D eigenvalue weighted by Crippen LogP contribution is -2.51. The predicted molar refractivity (Wildman–Crippen MR) is 111 cm³/mol. The van der Waals surface area contributed by atoms with Crippen LogP contribution >= 0.6 is 23.5 Å². The van der Waals surface area contributed by atoms with Crippen LogP contribution in [0.1, 0.15) is 34.6 Å². The van der Waals surface area contributed by atoms with Crippen LogP contribution in [-0.2, 0) is 0 Å². The normalized spacial score (nSPS) is 17.7. The molecule has 136 valence electrons. The molecule has 0 amide bonds. The van der Waals surface area contributed by atoms with Crippen LogP contribution < -0.4 is 5.73 Å². The zero-order chi connectivity index (χ0) is 18.8. The highest BCUT2D eigenvalue weighted by atomic mass is 32.2.